The first-order valence-electron chi connectivity index (χ1n) is 5.28. The minimum Gasteiger partial charge on any atom is -0.366 e. The first-order chi connectivity index (χ1) is 8.24. The SMILES string of the molecule is Cc1cccc(-c2nccc3nc(N)nn23)c1. The number of aryl methyl sites for hydroxylation is 1. The molecule has 2 heterocycles. The summed E-state index contributed by atoms with van der Waals surface area (Å²) in [7, 11) is 0. The summed E-state index contributed by atoms with van der Waals surface area (Å²) < 4.78 is 1.66. The fourth-order valence-electron chi connectivity index (χ4n) is 1.81. The average Bonchev–Trinajstić information content (AvgIpc) is 2.68. The minimum absolute atomic E-state index is 0.256. The average molecular weight is 225 g/mol. The van der Waals surface area contributed by atoms with Crippen molar-refractivity contribution in [1.29, 1.82) is 0 Å². The Morgan fingerprint density at radius 1 is 1.24 bits per heavy atom. The van der Waals surface area contributed by atoms with Crippen LogP contribution in [0.4, 0.5) is 5.95 Å². The summed E-state index contributed by atoms with van der Waals surface area (Å²) in [6.45, 7) is 2.04. The molecular formula is C12H11N5. The first-order valence-corrected chi connectivity index (χ1v) is 5.28. The summed E-state index contributed by atoms with van der Waals surface area (Å²) in [6, 6.07) is 9.86. The Hall–Kier alpha value is -2.43. The van der Waals surface area contributed by atoms with Gasteiger partial charge in [0.25, 0.3) is 0 Å². The normalized spacial score (nSPS) is 10.9. The second-order valence-electron chi connectivity index (χ2n) is 3.88. The Balaban J connectivity index is 2.30. The van der Waals surface area contributed by atoms with Crippen LogP contribution >= 0.6 is 0 Å². The fraction of sp³-hybridized carbons (Fsp3) is 0.0833. The predicted molar refractivity (Wildman–Crippen MR) is 65.4 cm³/mol. The fourth-order valence-corrected chi connectivity index (χ4v) is 1.81. The van der Waals surface area contributed by atoms with Crippen LogP contribution in [0.2, 0.25) is 0 Å². The molecule has 0 unspecified atom stereocenters. The second-order valence-corrected chi connectivity index (χ2v) is 3.88. The summed E-state index contributed by atoms with van der Waals surface area (Å²) in [5.41, 5.74) is 8.48. The third-order valence-electron chi connectivity index (χ3n) is 2.55. The van der Waals surface area contributed by atoms with Gasteiger partial charge in [0.05, 0.1) is 0 Å². The number of anilines is 1. The van der Waals surface area contributed by atoms with Crippen LogP contribution in [0.25, 0.3) is 17.0 Å². The van der Waals surface area contributed by atoms with Gasteiger partial charge in [0.2, 0.25) is 5.95 Å². The van der Waals surface area contributed by atoms with Gasteiger partial charge in [-0.3, -0.25) is 0 Å². The maximum Gasteiger partial charge on any atom is 0.240 e. The number of hydrogen-bond donors (Lipinski definition) is 1. The molecule has 1 aromatic carbocycles. The molecule has 0 atom stereocenters. The Morgan fingerprint density at radius 3 is 2.94 bits per heavy atom. The zero-order valence-electron chi connectivity index (χ0n) is 9.33. The van der Waals surface area contributed by atoms with E-state index in [9.17, 15) is 0 Å². The molecule has 0 spiro atoms. The molecule has 0 aliphatic carbocycles. The molecule has 0 aliphatic rings. The highest BCUT2D eigenvalue weighted by Gasteiger charge is 2.08. The standard InChI is InChI=1S/C12H11N5/c1-8-3-2-4-9(7-8)11-14-6-5-10-15-12(13)16-17(10)11/h2-7H,1H3,(H2,13,16). The summed E-state index contributed by atoms with van der Waals surface area (Å²) >= 11 is 0. The molecule has 5 heteroatoms. The van der Waals surface area contributed by atoms with Crippen molar-refractivity contribution in [2.75, 3.05) is 5.73 Å². The highest BCUT2D eigenvalue weighted by atomic mass is 15.3. The van der Waals surface area contributed by atoms with E-state index >= 15 is 0 Å². The smallest absolute Gasteiger partial charge is 0.240 e. The molecule has 2 aromatic heterocycles. The van der Waals surface area contributed by atoms with Crippen molar-refractivity contribution >= 4 is 11.6 Å². The summed E-state index contributed by atoms with van der Waals surface area (Å²) in [6.07, 6.45) is 1.71. The number of fused-ring (bicyclic) bond motifs is 1. The molecule has 0 saturated carbocycles. The van der Waals surface area contributed by atoms with Gasteiger partial charge in [-0.2, -0.15) is 9.50 Å². The van der Waals surface area contributed by atoms with Crippen LogP contribution in [-0.4, -0.2) is 19.6 Å². The Morgan fingerprint density at radius 2 is 2.12 bits per heavy atom. The summed E-state index contributed by atoms with van der Waals surface area (Å²) in [5.74, 6) is 1.00. The van der Waals surface area contributed by atoms with Gasteiger partial charge < -0.3 is 5.73 Å². The van der Waals surface area contributed by atoms with E-state index in [2.05, 4.69) is 21.1 Å². The zero-order chi connectivity index (χ0) is 11.8. The van der Waals surface area contributed by atoms with Crippen molar-refractivity contribution in [2.45, 2.75) is 6.92 Å². The molecule has 0 saturated heterocycles. The highest BCUT2D eigenvalue weighted by molar-refractivity contribution is 5.60. The number of hydrogen-bond acceptors (Lipinski definition) is 4. The number of rotatable bonds is 1. The van der Waals surface area contributed by atoms with E-state index in [1.54, 1.807) is 16.8 Å². The lowest BCUT2D eigenvalue weighted by molar-refractivity contribution is 0.939. The van der Waals surface area contributed by atoms with Crippen molar-refractivity contribution in [1.82, 2.24) is 19.6 Å². The number of benzene rings is 1. The van der Waals surface area contributed by atoms with Crippen LogP contribution in [0.1, 0.15) is 5.56 Å². The predicted octanol–water partition coefficient (Wildman–Crippen LogP) is 1.68. The van der Waals surface area contributed by atoms with Crippen LogP contribution < -0.4 is 5.73 Å². The topological polar surface area (TPSA) is 69.1 Å². The number of aromatic nitrogens is 4. The molecule has 3 rings (SSSR count). The second kappa shape index (κ2) is 3.55. The lowest BCUT2D eigenvalue weighted by Crippen LogP contribution is -1.97. The summed E-state index contributed by atoms with van der Waals surface area (Å²) in [5, 5.41) is 4.14. The van der Waals surface area contributed by atoms with E-state index in [0.717, 1.165) is 11.4 Å². The molecule has 0 fully saturated rings. The molecule has 0 bridgehead atoms. The van der Waals surface area contributed by atoms with E-state index in [-0.39, 0.29) is 5.95 Å². The van der Waals surface area contributed by atoms with Gasteiger partial charge in [-0.15, -0.1) is 5.10 Å². The summed E-state index contributed by atoms with van der Waals surface area (Å²) in [4.78, 5) is 8.45. The third-order valence-corrected chi connectivity index (χ3v) is 2.55. The van der Waals surface area contributed by atoms with Crippen molar-refractivity contribution in [3.63, 3.8) is 0 Å². The molecule has 5 nitrogen and oxygen atoms in total. The lowest BCUT2D eigenvalue weighted by atomic mass is 10.1. The maximum absolute atomic E-state index is 5.60. The number of nitrogens with two attached hydrogens (primary N) is 1. The van der Waals surface area contributed by atoms with Gasteiger partial charge in [-0.1, -0.05) is 23.8 Å². The number of nitrogen functional groups attached to an aromatic ring is 1. The van der Waals surface area contributed by atoms with Crippen LogP contribution in [0, 0.1) is 6.92 Å². The Labute approximate surface area is 97.9 Å². The molecule has 2 N–H and O–H groups in total. The van der Waals surface area contributed by atoms with Gasteiger partial charge in [0, 0.05) is 17.8 Å². The van der Waals surface area contributed by atoms with Gasteiger partial charge in [0.15, 0.2) is 11.5 Å². The first kappa shape index (κ1) is 9.77. The van der Waals surface area contributed by atoms with E-state index in [0.29, 0.717) is 5.65 Å². The Kier molecular flexibility index (Phi) is 2.04. The Bertz CT molecular complexity index is 686. The van der Waals surface area contributed by atoms with E-state index in [1.807, 2.05) is 25.1 Å². The highest BCUT2D eigenvalue weighted by Crippen LogP contribution is 2.18. The minimum atomic E-state index is 0.256. The van der Waals surface area contributed by atoms with E-state index in [1.165, 1.54) is 5.56 Å². The zero-order valence-corrected chi connectivity index (χ0v) is 9.33. The van der Waals surface area contributed by atoms with Crippen molar-refractivity contribution in [2.24, 2.45) is 0 Å². The maximum atomic E-state index is 5.60. The molecule has 0 aliphatic heterocycles. The molecule has 17 heavy (non-hydrogen) atoms. The van der Waals surface area contributed by atoms with E-state index < -0.39 is 0 Å². The van der Waals surface area contributed by atoms with Crippen LogP contribution in [0.5, 0.6) is 0 Å². The van der Waals surface area contributed by atoms with Crippen LogP contribution in [0.3, 0.4) is 0 Å². The molecular weight excluding hydrogens is 214 g/mol. The van der Waals surface area contributed by atoms with Crippen molar-refractivity contribution < 1.29 is 0 Å². The monoisotopic (exact) mass is 225 g/mol. The molecule has 0 radical (unpaired) electrons. The van der Waals surface area contributed by atoms with Gasteiger partial charge in [-0.05, 0) is 13.0 Å². The molecule has 3 aromatic rings. The van der Waals surface area contributed by atoms with Crippen LogP contribution in [-0.2, 0) is 0 Å². The quantitative estimate of drug-likeness (QED) is 0.684. The third kappa shape index (κ3) is 1.61. The van der Waals surface area contributed by atoms with E-state index in [4.69, 9.17) is 5.73 Å². The van der Waals surface area contributed by atoms with Crippen LogP contribution in [0.15, 0.2) is 36.5 Å². The van der Waals surface area contributed by atoms with Crippen molar-refractivity contribution in [3.8, 4) is 11.4 Å². The number of nitrogens with zero attached hydrogens (tertiary/aromatic N) is 4. The van der Waals surface area contributed by atoms with Gasteiger partial charge in [0.1, 0.15) is 0 Å². The lowest BCUT2D eigenvalue weighted by Gasteiger charge is -2.03. The largest absolute Gasteiger partial charge is 0.366 e. The molecule has 84 valence electrons. The van der Waals surface area contributed by atoms with Gasteiger partial charge in [-0.25, -0.2) is 4.98 Å². The molecule has 0 amide bonds. The van der Waals surface area contributed by atoms with Crippen molar-refractivity contribution in [3.05, 3.63) is 42.1 Å². The van der Waals surface area contributed by atoms with Gasteiger partial charge >= 0.3 is 0 Å².